The van der Waals surface area contributed by atoms with Crippen LogP contribution in [0.3, 0.4) is 0 Å². The molecule has 3 heteroatoms. The Morgan fingerprint density at radius 1 is 1.55 bits per heavy atom. The number of nitrogens with zero attached hydrogens (tertiary/aromatic N) is 2. The summed E-state index contributed by atoms with van der Waals surface area (Å²) in [6.07, 6.45) is 1.78. The zero-order chi connectivity index (χ0) is 8.43. The van der Waals surface area contributed by atoms with Crippen molar-refractivity contribution in [2.75, 3.05) is 0 Å². The van der Waals surface area contributed by atoms with Crippen LogP contribution in [-0.2, 0) is 7.05 Å². The predicted molar refractivity (Wildman–Crippen MR) is 45.0 cm³/mol. The molecule has 0 aliphatic rings. The fourth-order valence-electron chi connectivity index (χ4n) is 1.05. The number of rotatable bonds is 2. The van der Waals surface area contributed by atoms with Gasteiger partial charge in [-0.15, -0.1) is 0 Å². The molecule has 2 N–H and O–H groups in total. The molecule has 0 saturated heterocycles. The highest BCUT2D eigenvalue weighted by molar-refractivity contribution is 5.06. The van der Waals surface area contributed by atoms with Crippen molar-refractivity contribution in [3.8, 4) is 0 Å². The maximum absolute atomic E-state index is 5.92. The van der Waals surface area contributed by atoms with Gasteiger partial charge in [-0.1, -0.05) is 13.8 Å². The predicted octanol–water partition coefficient (Wildman–Crippen LogP) is 1.08. The van der Waals surface area contributed by atoms with Crippen LogP contribution in [0, 0.1) is 5.92 Å². The number of hydrogen-bond donors (Lipinski definition) is 1. The Morgan fingerprint density at radius 3 is 2.55 bits per heavy atom. The molecular formula is C8H15N3. The second kappa shape index (κ2) is 3.05. The minimum absolute atomic E-state index is 0.0995. The van der Waals surface area contributed by atoms with E-state index in [1.54, 1.807) is 6.20 Å². The van der Waals surface area contributed by atoms with Crippen LogP contribution in [0.2, 0.25) is 0 Å². The first-order valence-corrected chi connectivity index (χ1v) is 3.86. The molecule has 0 aliphatic heterocycles. The Morgan fingerprint density at radius 2 is 2.18 bits per heavy atom. The average molecular weight is 153 g/mol. The fraction of sp³-hybridized carbons (Fsp3) is 0.625. The van der Waals surface area contributed by atoms with E-state index in [2.05, 4.69) is 18.9 Å². The van der Waals surface area contributed by atoms with Crippen molar-refractivity contribution < 1.29 is 0 Å². The van der Waals surface area contributed by atoms with Gasteiger partial charge in [-0.3, -0.25) is 4.68 Å². The van der Waals surface area contributed by atoms with Crippen LogP contribution in [0.25, 0.3) is 0 Å². The van der Waals surface area contributed by atoms with E-state index in [4.69, 9.17) is 5.73 Å². The number of aryl methyl sites for hydroxylation is 1. The second-order valence-corrected chi connectivity index (χ2v) is 3.15. The standard InChI is InChI=1S/C8H15N3/c1-6(2)8(9)7-4-5-10-11(7)3/h4-6,8H,9H2,1-3H3. The molecule has 1 aromatic rings. The topological polar surface area (TPSA) is 43.8 Å². The fourth-order valence-corrected chi connectivity index (χ4v) is 1.05. The van der Waals surface area contributed by atoms with Crippen LogP contribution in [-0.4, -0.2) is 9.78 Å². The molecule has 1 rings (SSSR count). The molecule has 1 aromatic heterocycles. The van der Waals surface area contributed by atoms with Crippen LogP contribution in [0.5, 0.6) is 0 Å². The Hall–Kier alpha value is -0.830. The summed E-state index contributed by atoms with van der Waals surface area (Å²) < 4.78 is 1.82. The Kier molecular flexibility index (Phi) is 2.29. The molecule has 3 nitrogen and oxygen atoms in total. The van der Waals surface area contributed by atoms with Gasteiger partial charge in [0.1, 0.15) is 0 Å². The van der Waals surface area contributed by atoms with E-state index >= 15 is 0 Å². The van der Waals surface area contributed by atoms with Gasteiger partial charge in [0, 0.05) is 19.3 Å². The minimum Gasteiger partial charge on any atom is -0.322 e. The van der Waals surface area contributed by atoms with Crippen LogP contribution < -0.4 is 5.73 Å². The second-order valence-electron chi connectivity index (χ2n) is 3.15. The first-order chi connectivity index (χ1) is 5.13. The van der Waals surface area contributed by atoms with Gasteiger partial charge in [0.25, 0.3) is 0 Å². The summed E-state index contributed by atoms with van der Waals surface area (Å²) >= 11 is 0. The lowest BCUT2D eigenvalue weighted by molar-refractivity contribution is 0.480. The molecular weight excluding hydrogens is 138 g/mol. The molecule has 1 unspecified atom stereocenters. The smallest absolute Gasteiger partial charge is 0.0550 e. The van der Waals surface area contributed by atoms with Crippen molar-refractivity contribution in [3.63, 3.8) is 0 Å². The lowest BCUT2D eigenvalue weighted by atomic mass is 10.0. The summed E-state index contributed by atoms with van der Waals surface area (Å²) in [5.41, 5.74) is 7.02. The van der Waals surface area contributed by atoms with E-state index in [0.29, 0.717) is 5.92 Å². The summed E-state index contributed by atoms with van der Waals surface area (Å²) in [6, 6.07) is 2.06. The van der Waals surface area contributed by atoms with Crippen molar-refractivity contribution in [2.45, 2.75) is 19.9 Å². The van der Waals surface area contributed by atoms with Crippen molar-refractivity contribution >= 4 is 0 Å². The summed E-state index contributed by atoms with van der Waals surface area (Å²) in [7, 11) is 1.91. The van der Waals surface area contributed by atoms with E-state index in [0.717, 1.165) is 5.69 Å². The maximum atomic E-state index is 5.92. The molecule has 0 aliphatic carbocycles. The van der Waals surface area contributed by atoms with E-state index in [1.807, 2.05) is 17.8 Å². The normalized spacial score (nSPS) is 13.9. The third-order valence-electron chi connectivity index (χ3n) is 1.92. The van der Waals surface area contributed by atoms with Gasteiger partial charge in [0.2, 0.25) is 0 Å². The van der Waals surface area contributed by atoms with E-state index in [9.17, 15) is 0 Å². The number of aromatic nitrogens is 2. The van der Waals surface area contributed by atoms with E-state index in [-0.39, 0.29) is 6.04 Å². The van der Waals surface area contributed by atoms with E-state index < -0.39 is 0 Å². The van der Waals surface area contributed by atoms with Gasteiger partial charge in [0.15, 0.2) is 0 Å². The van der Waals surface area contributed by atoms with Gasteiger partial charge in [-0.2, -0.15) is 5.10 Å². The third-order valence-corrected chi connectivity index (χ3v) is 1.92. The van der Waals surface area contributed by atoms with Crippen molar-refractivity contribution in [2.24, 2.45) is 18.7 Å². The maximum Gasteiger partial charge on any atom is 0.0550 e. The molecule has 0 fully saturated rings. The first-order valence-electron chi connectivity index (χ1n) is 3.86. The molecule has 0 radical (unpaired) electrons. The SMILES string of the molecule is CC(C)C(N)c1ccnn1C. The highest BCUT2D eigenvalue weighted by Crippen LogP contribution is 2.16. The lowest BCUT2D eigenvalue weighted by Crippen LogP contribution is -2.19. The highest BCUT2D eigenvalue weighted by atomic mass is 15.3. The van der Waals surface area contributed by atoms with Gasteiger partial charge in [-0.05, 0) is 12.0 Å². The molecule has 1 heterocycles. The monoisotopic (exact) mass is 153 g/mol. The van der Waals surface area contributed by atoms with Crippen LogP contribution in [0.1, 0.15) is 25.6 Å². The molecule has 0 spiro atoms. The molecule has 1 atom stereocenters. The third kappa shape index (κ3) is 1.60. The number of hydrogen-bond acceptors (Lipinski definition) is 2. The molecule has 62 valence electrons. The quantitative estimate of drug-likeness (QED) is 0.690. The molecule has 0 amide bonds. The molecule has 0 saturated carbocycles. The Bertz CT molecular complexity index is 227. The lowest BCUT2D eigenvalue weighted by Gasteiger charge is -2.15. The molecule has 0 aromatic carbocycles. The van der Waals surface area contributed by atoms with Gasteiger partial charge >= 0.3 is 0 Å². The zero-order valence-corrected chi connectivity index (χ0v) is 7.28. The molecule has 11 heavy (non-hydrogen) atoms. The summed E-state index contributed by atoms with van der Waals surface area (Å²) in [5.74, 6) is 0.463. The Labute approximate surface area is 67.2 Å². The summed E-state index contributed by atoms with van der Waals surface area (Å²) in [5, 5.41) is 4.06. The first kappa shape index (κ1) is 8.27. The average Bonchev–Trinajstić information content (AvgIpc) is 2.33. The highest BCUT2D eigenvalue weighted by Gasteiger charge is 2.12. The summed E-state index contributed by atoms with van der Waals surface area (Å²) in [6.45, 7) is 4.22. The van der Waals surface area contributed by atoms with Gasteiger partial charge in [-0.25, -0.2) is 0 Å². The van der Waals surface area contributed by atoms with Crippen LogP contribution >= 0.6 is 0 Å². The van der Waals surface area contributed by atoms with Crippen molar-refractivity contribution in [3.05, 3.63) is 18.0 Å². The Balaban J connectivity index is 2.84. The minimum atomic E-state index is 0.0995. The van der Waals surface area contributed by atoms with Gasteiger partial charge in [0.05, 0.1) is 5.69 Å². The van der Waals surface area contributed by atoms with Crippen molar-refractivity contribution in [1.29, 1.82) is 0 Å². The molecule has 0 bridgehead atoms. The largest absolute Gasteiger partial charge is 0.322 e. The van der Waals surface area contributed by atoms with E-state index in [1.165, 1.54) is 0 Å². The van der Waals surface area contributed by atoms with Crippen molar-refractivity contribution in [1.82, 2.24) is 9.78 Å². The summed E-state index contributed by atoms with van der Waals surface area (Å²) in [4.78, 5) is 0. The van der Waals surface area contributed by atoms with Gasteiger partial charge < -0.3 is 5.73 Å². The zero-order valence-electron chi connectivity index (χ0n) is 7.28. The van der Waals surface area contributed by atoms with Crippen LogP contribution in [0.15, 0.2) is 12.3 Å². The van der Waals surface area contributed by atoms with Crippen LogP contribution in [0.4, 0.5) is 0 Å². The number of nitrogens with two attached hydrogens (primary N) is 1.